The summed E-state index contributed by atoms with van der Waals surface area (Å²) in [6, 6.07) is 8.44. The SMILES string of the molecule is CCn1c(O)c(CS(=O)(=O)O)c(C)c(N=Nc2cc(Nc3nc(NCCCC(OC)[S+](OC)OC)nc(Nc4cccc(S(=O)(=O)O)c4)n3)ccc2S(=O)(=O)O)c1=O. The van der Waals surface area contributed by atoms with Gasteiger partial charge in [-0.2, -0.15) is 40.2 Å². The van der Waals surface area contributed by atoms with Gasteiger partial charge in [0.25, 0.3) is 41.3 Å². The van der Waals surface area contributed by atoms with Crippen LogP contribution >= 0.6 is 0 Å². The van der Waals surface area contributed by atoms with E-state index >= 15 is 0 Å². The van der Waals surface area contributed by atoms with Crippen molar-refractivity contribution in [3.05, 3.63) is 63.9 Å². The van der Waals surface area contributed by atoms with Gasteiger partial charge in [-0.3, -0.25) is 23.0 Å². The summed E-state index contributed by atoms with van der Waals surface area (Å²) in [7, 11) is -9.71. The first-order valence-corrected chi connectivity index (χ1v) is 22.2. The molecule has 27 heteroatoms. The number of hydrogen-bond acceptors (Lipinski definition) is 19. The van der Waals surface area contributed by atoms with Crippen LogP contribution in [0.5, 0.6) is 5.88 Å². The van der Waals surface area contributed by atoms with Crippen molar-refractivity contribution >= 4 is 82.4 Å². The number of rotatable bonds is 20. The minimum Gasteiger partial charge on any atom is -0.494 e. The number of hydrogen-bond donors (Lipinski definition) is 7. The summed E-state index contributed by atoms with van der Waals surface area (Å²) in [4.78, 5) is 25.0. The summed E-state index contributed by atoms with van der Waals surface area (Å²) in [5.74, 6) is -2.07. The Kier molecular flexibility index (Phi) is 15.2. The van der Waals surface area contributed by atoms with Crippen LogP contribution in [0.15, 0.2) is 67.3 Å². The molecular weight excluding hydrogens is 851 g/mol. The van der Waals surface area contributed by atoms with Gasteiger partial charge >= 0.3 is 11.5 Å². The van der Waals surface area contributed by atoms with Crippen LogP contribution in [0.25, 0.3) is 0 Å². The van der Waals surface area contributed by atoms with Crippen LogP contribution in [0.4, 0.5) is 40.6 Å². The fraction of sp³-hybridized carbons (Fsp3) is 0.355. The highest BCUT2D eigenvalue weighted by Crippen LogP contribution is 2.33. The smallest absolute Gasteiger partial charge is 0.347 e. The summed E-state index contributed by atoms with van der Waals surface area (Å²) >= 11 is -0.915. The van der Waals surface area contributed by atoms with Crippen LogP contribution in [-0.4, -0.2) is 96.8 Å². The average Bonchev–Trinajstić information content (AvgIpc) is 3.14. The fourth-order valence-electron chi connectivity index (χ4n) is 5.22. The number of azo groups is 1. The molecule has 0 fully saturated rings. The van der Waals surface area contributed by atoms with Crippen LogP contribution in [0, 0.1) is 6.92 Å². The van der Waals surface area contributed by atoms with E-state index in [2.05, 4.69) is 41.1 Å². The van der Waals surface area contributed by atoms with Crippen molar-refractivity contribution in [1.82, 2.24) is 19.5 Å². The van der Waals surface area contributed by atoms with Gasteiger partial charge in [-0.05, 0) is 62.2 Å². The third-order valence-electron chi connectivity index (χ3n) is 7.90. The Morgan fingerprint density at radius 2 is 1.48 bits per heavy atom. The maximum absolute atomic E-state index is 13.2. The molecule has 0 amide bonds. The molecule has 316 valence electrons. The summed E-state index contributed by atoms with van der Waals surface area (Å²) in [5.41, 5.74) is -2.62. The van der Waals surface area contributed by atoms with E-state index in [9.17, 15) is 48.8 Å². The number of nitrogens with one attached hydrogen (secondary N) is 3. The van der Waals surface area contributed by atoms with E-state index in [1.54, 1.807) is 0 Å². The number of aromatic nitrogens is 4. The molecule has 2 heterocycles. The van der Waals surface area contributed by atoms with Crippen molar-refractivity contribution in [2.45, 2.75) is 54.2 Å². The van der Waals surface area contributed by atoms with Gasteiger partial charge in [-0.25, -0.2) is 0 Å². The topological polar surface area (TPSA) is 333 Å². The van der Waals surface area contributed by atoms with E-state index in [1.807, 2.05) is 0 Å². The monoisotopic (exact) mass is 890 g/mol. The molecule has 4 aromatic rings. The molecule has 0 saturated carbocycles. The normalized spacial score (nSPS) is 12.9. The zero-order valence-corrected chi connectivity index (χ0v) is 34.6. The molecule has 58 heavy (non-hydrogen) atoms. The molecule has 0 aliphatic rings. The van der Waals surface area contributed by atoms with E-state index in [-0.39, 0.29) is 52.3 Å². The lowest BCUT2D eigenvalue weighted by Gasteiger charge is -2.14. The van der Waals surface area contributed by atoms with Crippen molar-refractivity contribution in [2.24, 2.45) is 10.2 Å². The molecular formula is C31H40N9O14S4+. The van der Waals surface area contributed by atoms with Crippen molar-refractivity contribution in [1.29, 1.82) is 0 Å². The van der Waals surface area contributed by atoms with Crippen molar-refractivity contribution in [3.63, 3.8) is 0 Å². The quantitative estimate of drug-likeness (QED) is 0.0287. The Hall–Kier alpha value is -4.84. The van der Waals surface area contributed by atoms with Crippen LogP contribution in [0.1, 0.15) is 30.9 Å². The second-order valence-electron chi connectivity index (χ2n) is 11.8. The minimum absolute atomic E-state index is 0.0163. The molecule has 1 unspecified atom stereocenters. The minimum atomic E-state index is -4.95. The number of anilines is 5. The molecule has 0 saturated heterocycles. The van der Waals surface area contributed by atoms with Gasteiger partial charge in [-0.15, -0.1) is 18.6 Å². The lowest BCUT2D eigenvalue weighted by atomic mass is 10.1. The number of methoxy groups -OCH3 is 1. The zero-order valence-electron chi connectivity index (χ0n) is 31.3. The summed E-state index contributed by atoms with van der Waals surface area (Å²) in [5, 5.41) is 27.1. The molecule has 2 aromatic heterocycles. The number of aromatic hydroxyl groups is 1. The molecule has 2 aromatic carbocycles. The Labute approximate surface area is 335 Å². The third-order valence-corrected chi connectivity index (χ3v) is 11.8. The molecule has 0 bridgehead atoms. The van der Waals surface area contributed by atoms with E-state index < -0.39 is 80.2 Å². The predicted octanol–water partition coefficient (Wildman–Crippen LogP) is 3.76. The second-order valence-corrected chi connectivity index (χ2v) is 17.8. The highest BCUT2D eigenvalue weighted by Gasteiger charge is 2.33. The average molecular weight is 891 g/mol. The maximum Gasteiger partial charge on any atom is 0.347 e. The van der Waals surface area contributed by atoms with Gasteiger partial charge in [0, 0.05) is 43.6 Å². The van der Waals surface area contributed by atoms with Crippen molar-refractivity contribution < 1.29 is 57.1 Å². The molecule has 0 aliphatic carbocycles. The standard InChI is InChI=1S/C31H39N9O14S4/c1-6-40-27(41)22(17-56(43,44)45)18(2)26(28(40)42)39-38-23-16-20(12-13-24(23)58(49,50)51)34-31-36-29(32-14-8-11-25(52-3)55(53-4)54-5)35-30(37-31)33-19-9-7-10-21(15-19)57(46,47)48/h7,9-10,12-13,15-16,25H,6,8,11,14,17H2,1-5H3,(H6-,32,33,34,35,36,37,38,41,42,43,44,45,46,47,48,49,50,51)/p+1. The second kappa shape index (κ2) is 19.3. The van der Waals surface area contributed by atoms with E-state index in [4.69, 9.17) is 13.1 Å². The molecule has 0 radical (unpaired) electrons. The Balaban J connectivity index is 1.75. The first-order chi connectivity index (χ1) is 27.2. The Morgan fingerprint density at radius 1 is 0.862 bits per heavy atom. The van der Waals surface area contributed by atoms with Gasteiger partial charge in [0.2, 0.25) is 17.8 Å². The van der Waals surface area contributed by atoms with Gasteiger partial charge in [-0.1, -0.05) is 6.07 Å². The highest BCUT2D eigenvalue weighted by atomic mass is 32.2. The summed E-state index contributed by atoms with van der Waals surface area (Å²) in [6.45, 7) is 2.86. The Bertz CT molecular complexity index is 2550. The third kappa shape index (κ3) is 12.1. The van der Waals surface area contributed by atoms with Gasteiger partial charge < -0.3 is 25.8 Å². The first kappa shape index (κ1) is 45.9. The number of ether oxygens (including phenoxy) is 1. The molecule has 4 rings (SSSR count). The molecule has 1 atom stereocenters. The lowest BCUT2D eigenvalue weighted by molar-refractivity contribution is 0.140. The lowest BCUT2D eigenvalue weighted by Crippen LogP contribution is -2.26. The molecule has 23 nitrogen and oxygen atoms in total. The fourth-order valence-corrected chi connectivity index (χ4v) is 8.15. The summed E-state index contributed by atoms with van der Waals surface area (Å²) < 4.78 is 117. The number of benzene rings is 2. The molecule has 7 N–H and O–H groups in total. The molecule has 0 aliphatic heterocycles. The Morgan fingerprint density at radius 3 is 2.03 bits per heavy atom. The van der Waals surface area contributed by atoms with E-state index in [1.165, 1.54) is 59.4 Å². The summed E-state index contributed by atoms with van der Waals surface area (Å²) in [6.07, 6.45) is 1.03. The highest BCUT2D eigenvalue weighted by molar-refractivity contribution is 7.88. The molecule has 0 spiro atoms. The number of nitrogens with zero attached hydrogens (tertiary/aromatic N) is 6. The predicted molar refractivity (Wildman–Crippen MR) is 211 cm³/mol. The zero-order chi connectivity index (χ0) is 43.0. The van der Waals surface area contributed by atoms with Gasteiger partial charge in [0.1, 0.15) is 16.3 Å². The van der Waals surface area contributed by atoms with Gasteiger partial charge in [0.15, 0.2) is 11.6 Å². The van der Waals surface area contributed by atoms with E-state index in [0.717, 1.165) is 22.8 Å². The first-order valence-electron chi connectivity index (χ1n) is 16.6. The van der Waals surface area contributed by atoms with Crippen molar-refractivity contribution in [2.75, 3.05) is 43.8 Å². The van der Waals surface area contributed by atoms with Crippen LogP contribution in [0.3, 0.4) is 0 Å². The van der Waals surface area contributed by atoms with Crippen LogP contribution in [-0.2, 0) is 67.2 Å². The largest absolute Gasteiger partial charge is 0.494 e. The van der Waals surface area contributed by atoms with Crippen LogP contribution in [0.2, 0.25) is 0 Å². The van der Waals surface area contributed by atoms with E-state index in [0.29, 0.717) is 19.4 Å². The maximum atomic E-state index is 13.2. The van der Waals surface area contributed by atoms with Crippen molar-refractivity contribution in [3.8, 4) is 5.88 Å². The van der Waals surface area contributed by atoms with Crippen LogP contribution < -0.4 is 21.5 Å². The number of pyridine rings is 1. The van der Waals surface area contributed by atoms with Gasteiger partial charge in [0.05, 0.1) is 19.1 Å².